The average Bonchev–Trinajstić information content (AvgIpc) is 2.88. The molecule has 108 valence electrons. The monoisotopic (exact) mass is 280 g/mol. The molecule has 0 unspecified atom stereocenters. The normalized spacial score (nSPS) is 11.1. The van der Waals surface area contributed by atoms with Gasteiger partial charge in [0.1, 0.15) is 17.1 Å². The van der Waals surface area contributed by atoms with Crippen LogP contribution in [0.2, 0.25) is 0 Å². The zero-order chi connectivity index (χ0) is 14.8. The predicted octanol–water partition coefficient (Wildman–Crippen LogP) is 3.92. The molecule has 0 spiro atoms. The molecule has 3 aromatic rings. The summed E-state index contributed by atoms with van der Waals surface area (Å²) in [6.45, 7) is 4.93. The smallest absolute Gasteiger partial charge is 0.146 e. The van der Waals surface area contributed by atoms with Gasteiger partial charge in [0.15, 0.2) is 0 Å². The van der Waals surface area contributed by atoms with Crippen LogP contribution < -0.4 is 0 Å². The summed E-state index contributed by atoms with van der Waals surface area (Å²) >= 11 is 0. The summed E-state index contributed by atoms with van der Waals surface area (Å²) < 4.78 is 2.20. The summed E-state index contributed by atoms with van der Waals surface area (Å²) in [6, 6.07) is 14.4. The zero-order valence-electron chi connectivity index (χ0n) is 12.5. The van der Waals surface area contributed by atoms with Crippen molar-refractivity contribution < 1.29 is 5.11 Å². The van der Waals surface area contributed by atoms with Crippen LogP contribution in [0.5, 0.6) is 5.75 Å². The van der Waals surface area contributed by atoms with Crippen molar-refractivity contribution in [1.82, 2.24) is 9.55 Å². The minimum absolute atomic E-state index is 0.330. The van der Waals surface area contributed by atoms with E-state index in [0.29, 0.717) is 5.75 Å². The van der Waals surface area contributed by atoms with Gasteiger partial charge < -0.3 is 9.67 Å². The number of imidazole rings is 1. The van der Waals surface area contributed by atoms with E-state index in [-0.39, 0.29) is 0 Å². The third-order valence-corrected chi connectivity index (χ3v) is 3.94. The molecule has 0 aliphatic carbocycles. The first kappa shape index (κ1) is 13.7. The largest absolute Gasteiger partial charge is 0.505 e. The number of phenols is 1. The Balaban J connectivity index is 2.15. The molecular weight excluding hydrogens is 260 g/mol. The van der Waals surface area contributed by atoms with E-state index in [0.717, 1.165) is 41.8 Å². The number of hydrogen-bond acceptors (Lipinski definition) is 2. The molecule has 0 saturated carbocycles. The molecule has 1 heterocycles. The maximum atomic E-state index is 10.4. The standard InChI is InChI=1S/C18H20N2O/c1-3-14-10-11-15-17(18(14)21)19-16(4-2)20(15)12-13-8-6-5-7-9-13/h5-11,21H,3-4,12H2,1-2H3. The van der Waals surface area contributed by atoms with Gasteiger partial charge in [-0.2, -0.15) is 0 Å². The van der Waals surface area contributed by atoms with Crippen molar-refractivity contribution >= 4 is 11.0 Å². The number of aryl methyl sites for hydroxylation is 2. The van der Waals surface area contributed by atoms with Gasteiger partial charge in [-0.1, -0.05) is 50.2 Å². The van der Waals surface area contributed by atoms with Crippen molar-refractivity contribution in [3.8, 4) is 5.75 Å². The number of hydrogen-bond donors (Lipinski definition) is 1. The molecule has 3 rings (SSSR count). The Kier molecular flexibility index (Phi) is 3.65. The number of phenolic OH excluding ortho intramolecular Hbond substituents is 1. The van der Waals surface area contributed by atoms with Gasteiger partial charge >= 0.3 is 0 Å². The first-order valence-corrected chi connectivity index (χ1v) is 7.48. The molecule has 2 aromatic carbocycles. The maximum absolute atomic E-state index is 10.4. The highest BCUT2D eigenvalue weighted by Gasteiger charge is 2.14. The van der Waals surface area contributed by atoms with Gasteiger partial charge in [-0.25, -0.2) is 4.98 Å². The van der Waals surface area contributed by atoms with Crippen LogP contribution in [0.15, 0.2) is 42.5 Å². The minimum Gasteiger partial charge on any atom is -0.505 e. The topological polar surface area (TPSA) is 38.0 Å². The van der Waals surface area contributed by atoms with Crippen LogP contribution in [0, 0.1) is 0 Å². The van der Waals surface area contributed by atoms with Crippen molar-refractivity contribution in [2.45, 2.75) is 33.2 Å². The molecule has 0 aliphatic heterocycles. The molecular formula is C18H20N2O. The Morgan fingerprint density at radius 1 is 1.00 bits per heavy atom. The number of aromatic hydroxyl groups is 1. The molecule has 0 radical (unpaired) electrons. The fraction of sp³-hybridized carbons (Fsp3) is 0.278. The first-order valence-electron chi connectivity index (χ1n) is 7.48. The van der Waals surface area contributed by atoms with Crippen LogP contribution in [-0.2, 0) is 19.4 Å². The Labute approximate surface area is 124 Å². The van der Waals surface area contributed by atoms with E-state index in [1.54, 1.807) is 0 Å². The average molecular weight is 280 g/mol. The Hall–Kier alpha value is -2.29. The van der Waals surface area contributed by atoms with Crippen molar-refractivity contribution in [3.63, 3.8) is 0 Å². The van der Waals surface area contributed by atoms with Crippen LogP contribution >= 0.6 is 0 Å². The SMILES string of the molecule is CCc1ccc2c(nc(CC)n2Cc2ccccc2)c1O. The van der Waals surface area contributed by atoms with Gasteiger partial charge in [-0.3, -0.25) is 0 Å². The maximum Gasteiger partial charge on any atom is 0.146 e. The number of nitrogens with zero attached hydrogens (tertiary/aromatic N) is 2. The summed E-state index contributed by atoms with van der Waals surface area (Å²) in [5, 5.41) is 10.4. The van der Waals surface area contributed by atoms with E-state index in [2.05, 4.69) is 34.7 Å². The Morgan fingerprint density at radius 3 is 2.43 bits per heavy atom. The summed E-state index contributed by atoms with van der Waals surface area (Å²) in [4.78, 5) is 4.65. The van der Waals surface area contributed by atoms with E-state index in [4.69, 9.17) is 0 Å². The fourth-order valence-electron chi connectivity index (χ4n) is 2.76. The van der Waals surface area contributed by atoms with E-state index in [1.165, 1.54) is 5.56 Å². The molecule has 3 nitrogen and oxygen atoms in total. The molecule has 21 heavy (non-hydrogen) atoms. The summed E-state index contributed by atoms with van der Waals surface area (Å²) in [5.74, 6) is 1.34. The number of aromatic nitrogens is 2. The molecule has 3 heteroatoms. The van der Waals surface area contributed by atoms with Gasteiger partial charge in [-0.15, -0.1) is 0 Å². The molecule has 1 N–H and O–H groups in total. The van der Waals surface area contributed by atoms with Crippen LogP contribution in [0.4, 0.5) is 0 Å². The van der Waals surface area contributed by atoms with E-state index in [1.807, 2.05) is 31.2 Å². The third-order valence-electron chi connectivity index (χ3n) is 3.94. The Morgan fingerprint density at radius 2 is 1.76 bits per heavy atom. The first-order chi connectivity index (χ1) is 10.2. The lowest BCUT2D eigenvalue weighted by atomic mass is 10.1. The highest BCUT2D eigenvalue weighted by Crippen LogP contribution is 2.30. The number of fused-ring (bicyclic) bond motifs is 1. The van der Waals surface area contributed by atoms with Gasteiger partial charge in [-0.05, 0) is 23.6 Å². The summed E-state index contributed by atoms with van der Waals surface area (Å²) in [6.07, 6.45) is 1.66. The van der Waals surface area contributed by atoms with Gasteiger partial charge in [0.2, 0.25) is 0 Å². The van der Waals surface area contributed by atoms with Crippen molar-refractivity contribution in [3.05, 3.63) is 59.4 Å². The lowest BCUT2D eigenvalue weighted by Gasteiger charge is -2.09. The summed E-state index contributed by atoms with van der Waals surface area (Å²) in [5.41, 5.74) is 3.92. The lowest BCUT2D eigenvalue weighted by Crippen LogP contribution is -2.04. The van der Waals surface area contributed by atoms with Crippen molar-refractivity contribution in [1.29, 1.82) is 0 Å². The van der Waals surface area contributed by atoms with Crippen molar-refractivity contribution in [2.75, 3.05) is 0 Å². The highest BCUT2D eigenvalue weighted by atomic mass is 16.3. The third kappa shape index (κ3) is 2.40. The molecule has 0 bridgehead atoms. The zero-order valence-corrected chi connectivity index (χ0v) is 12.5. The van der Waals surface area contributed by atoms with Gasteiger partial charge in [0.05, 0.1) is 5.52 Å². The van der Waals surface area contributed by atoms with E-state index >= 15 is 0 Å². The van der Waals surface area contributed by atoms with Crippen LogP contribution in [0.3, 0.4) is 0 Å². The van der Waals surface area contributed by atoms with Gasteiger partial charge in [0, 0.05) is 13.0 Å². The Bertz CT molecular complexity index is 760. The lowest BCUT2D eigenvalue weighted by molar-refractivity contribution is 0.474. The minimum atomic E-state index is 0.330. The molecule has 0 fully saturated rings. The second-order valence-corrected chi connectivity index (χ2v) is 5.25. The molecule has 0 amide bonds. The van der Waals surface area contributed by atoms with Crippen LogP contribution in [0.25, 0.3) is 11.0 Å². The van der Waals surface area contributed by atoms with E-state index in [9.17, 15) is 5.11 Å². The number of benzene rings is 2. The van der Waals surface area contributed by atoms with Crippen molar-refractivity contribution in [2.24, 2.45) is 0 Å². The number of rotatable bonds is 4. The highest BCUT2D eigenvalue weighted by molar-refractivity contribution is 5.84. The van der Waals surface area contributed by atoms with Crippen LogP contribution in [0.1, 0.15) is 30.8 Å². The molecule has 1 aromatic heterocycles. The van der Waals surface area contributed by atoms with Crippen LogP contribution in [-0.4, -0.2) is 14.7 Å². The fourth-order valence-corrected chi connectivity index (χ4v) is 2.76. The predicted molar refractivity (Wildman–Crippen MR) is 85.7 cm³/mol. The van der Waals surface area contributed by atoms with E-state index < -0.39 is 0 Å². The second-order valence-electron chi connectivity index (χ2n) is 5.25. The molecule has 0 aliphatic rings. The summed E-state index contributed by atoms with van der Waals surface area (Å²) in [7, 11) is 0. The quantitative estimate of drug-likeness (QED) is 0.786. The molecule has 0 atom stereocenters. The second kappa shape index (κ2) is 5.60. The molecule has 0 saturated heterocycles. The van der Waals surface area contributed by atoms with Gasteiger partial charge in [0.25, 0.3) is 0 Å².